The van der Waals surface area contributed by atoms with Gasteiger partial charge in [0.2, 0.25) is 11.0 Å². The maximum absolute atomic E-state index is 12.6. The van der Waals surface area contributed by atoms with E-state index in [-0.39, 0.29) is 11.8 Å². The molecule has 0 aliphatic carbocycles. The number of nitrogens with one attached hydrogen (secondary N) is 1. The lowest BCUT2D eigenvalue weighted by molar-refractivity contribution is -0.117. The lowest BCUT2D eigenvalue weighted by Crippen LogP contribution is -2.19. The van der Waals surface area contributed by atoms with E-state index in [0.29, 0.717) is 11.0 Å². The molecular formula is C17H19N5OS. The molecule has 7 heteroatoms. The van der Waals surface area contributed by atoms with E-state index < -0.39 is 0 Å². The first kappa shape index (κ1) is 16.3. The number of carbonyl (C=O) groups is 1. The summed E-state index contributed by atoms with van der Waals surface area (Å²) in [5.74, 6) is 0.213. The van der Waals surface area contributed by atoms with Gasteiger partial charge >= 0.3 is 0 Å². The quantitative estimate of drug-likeness (QED) is 0.790. The highest BCUT2D eigenvalue weighted by Crippen LogP contribution is 2.26. The molecule has 1 aromatic carbocycles. The Morgan fingerprint density at radius 2 is 1.96 bits per heavy atom. The van der Waals surface area contributed by atoms with Crippen LogP contribution in [0.1, 0.15) is 29.8 Å². The minimum absolute atomic E-state index is 0.107. The minimum Gasteiger partial charge on any atom is -0.300 e. The van der Waals surface area contributed by atoms with Crippen LogP contribution in [0.2, 0.25) is 0 Å². The second-order valence-corrected chi connectivity index (χ2v) is 6.46. The van der Waals surface area contributed by atoms with E-state index in [1.807, 2.05) is 58.2 Å². The second-order valence-electron chi connectivity index (χ2n) is 5.71. The molecule has 0 saturated heterocycles. The first-order valence-electron chi connectivity index (χ1n) is 7.67. The number of amides is 1. The highest BCUT2D eigenvalue weighted by molar-refractivity contribution is 7.10. The number of aryl methyl sites for hydroxylation is 2. The average Bonchev–Trinajstić information content (AvgIpc) is 3.13. The summed E-state index contributed by atoms with van der Waals surface area (Å²) in [6.45, 7) is 5.77. The van der Waals surface area contributed by atoms with Gasteiger partial charge in [-0.1, -0.05) is 30.3 Å². The maximum atomic E-state index is 12.6. The van der Waals surface area contributed by atoms with E-state index in [9.17, 15) is 4.79 Å². The molecule has 6 nitrogen and oxygen atoms in total. The molecular weight excluding hydrogens is 322 g/mol. The number of nitrogens with zero attached hydrogens (tertiary/aromatic N) is 4. The Labute approximate surface area is 144 Å². The van der Waals surface area contributed by atoms with Crippen LogP contribution in [-0.2, 0) is 11.8 Å². The Morgan fingerprint density at radius 1 is 1.25 bits per heavy atom. The molecule has 1 N–H and O–H groups in total. The number of rotatable bonds is 4. The van der Waals surface area contributed by atoms with Gasteiger partial charge in [0.05, 0.1) is 11.6 Å². The van der Waals surface area contributed by atoms with Gasteiger partial charge < -0.3 is 5.32 Å². The number of hydrogen-bond acceptors (Lipinski definition) is 5. The van der Waals surface area contributed by atoms with Gasteiger partial charge in [0.15, 0.2) is 5.82 Å². The number of aromatic nitrogens is 4. The Bertz CT molecular complexity index is 868. The van der Waals surface area contributed by atoms with Crippen LogP contribution in [-0.4, -0.2) is 25.0 Å². The topological polar surface area (TPSA) is 72.7 Å². The number of carbonyl (C=O) groups excluding carboxylic acids is 1. The first-order chi connectivity index (χ1) is 11.5. The molecule has 0 fully saturated rings. The zero-order valence-electron chi connectivity index (χ0n) is 14.1. The molecule has 1 unspecified atom stereocenters. The van der Waals surface area contributed by atoms with Gasteiger partial charge in [-0.2, -0.15) is 14.5 Å². The summed E-state index contributed by atoms with van der Waals surface area (Å²) in [4.78, 5) is 17.0. The standard InChI is InChI=1S/C17H19N5OS/c1-10(14-11(2)20-22(4)12(14)3)16(23)19-17-18-15(21-24-17)13-8-6-5-7-9-13/h5-10H,1-4H3,(H,18,19,21,23). The molecule has 2 aromatic heterocycles. The van der Waals surface area contributed by atoms with Crippen LogP contribution in [0, 0.1) is 13.8 Å². The van der Waals surface area contributed by atoms with Crippen LogP contribution in [0.5, 0.6) is 0 Å². The minimum atomic E-state index is -0.303. The van der Waals surface area contributed by atoms with Crippen LogP contribution in [0.4, 0.5) is 5.13 Å². The van der Waals surface area contributed by atoms with E-state index in [4.69, 9.17) is 0 Å². The van der Waals surface area contributed by atoms with E-state index in [1.165, 1.54) is 11.5 Å². The highest BCUT2D eigenvalue weighted by atomic mass is 32.1. The van der Waals surface area contributed by atoms with Crippen LogP contribution in [0.3, 0.4) is 0 Å². The fourth-order valence-corrected chi connectivity index (χ4v) is 3.33. The van der Waals surface area contributed by atoms with Crippen molar-refractivity contribution in [2.75, 3.05) is 5.32 Å². The van der Waals surface area contributed by atoms with Crippen molar-refractivity contribution in [3.8, 4) is 11.4 Å². The van der Waals surface area contributed by atoms with Gasteiger partial charge in [-0.25, -0.2) is 0 Å². The van der Waals surface area contributed by atoms with E-state index >= 15 is 0 Å². The fraction of sp³-hybridized carbons (Fsp3) is 0.294. The summed E-state index contributed by atoms with van der Waals surface area (Å²) in [7, 11) is 1.88. The Morgan fingerprint density at radius 3 is 2.58 bits per heavy atom. The monoisotopic (exact) mass is 341 g/mol. The lowest BCUT2D eigenvalue weighted by atomic mass is 9.98. The largest absolute Gasteiger partial charge is 0.300 e. The highest BCUT2D eigenvalue weighted by Gasteiger charge is 2.23. The van der Waals surface area contributed by atoms with Crippen molar-refractivity contribution in [3.05, 3.63) is 47.3 Å². The zero-order valence-corrected chi connectivity index (χ0v) is 14.9. The van der Waals surface area contributed by atoms with Crippen molar-refractivity contribution in [2.45, 2.75) is 26.7 Å². The molecule has 24 heavy (non-hydrogen) atoms. The summed E-state index contributed by atoms with van der Waals surface area (Å²) in [6.07, 6.45) is 0. The molecule has 3 rings (SSSR count). The lowest BCUT2D eigenvalue weighted by Gasteiger charge is -2.11. The molecule has 0 bridgehead atoms. The van der Waals surface area contributed by atoms with E-state index in [0.717, 1.165) is 22.5 Å². The Balaban J connectivity index is 1.77. The molecule has 3 aromatic rings. The maximum Gasteiger partial charge on any atom is 0.233 e. The number of benzene rings is 1. The second kappa shape index (κ2) is 6.52. The third-order valence-corrected chi connectivity index (χ3v) is 4.71. The van der Waals surface area contributed by atoms with Crippen molar-refractivity contribution in [1.82, 2.24) is 19.1 Å². The van der Waals surface area contributed by atoms with Crippen LogP contribution < -0.4 is 5.32 Å². The summed E-state index contributed by atoms with van der Waals surface area (Å²) in [5.41, 5.74) is 3.77. The third-order valence-electron chi connectivity index (χ3n) is 4.08. The van der Waals surface area contributed by atoms with Gasteiger partial charge in [0.25, 0.3) is 0 Å². The summed E-state index contributed by atoms with van der Waals surface area (Å²) in [5, 5.41) is 7.74. The number of hydrogen-bond donors (Lipinski definition) is 1. The summed E-state index contributed by atoms with van der Waals surface area (Å²) in [6, 6.07) is 9.70. The van der Waals surface area contributed by atoms with Gasteiger partial charge in [-0.05, 0) is 20.8 Å². The predicted molar refractivity (Wildman–Crippen MR) is 95.1 cm³/mol. The predicted octanol–water partition coefficient (Wildman–Crippen LogP) is 3.30. The molecule has 124 valence electrons. The Hall–Kier alpha value is -2.54. The number of anilines is 1. The van der Waals surface area contributed by atoms with Gasteiger partial charge in [0.1, 0.15) is 0 Å². The molecule has 0 radical (unpaired) electrons. The smallest absolute Gasteiger partial charge is 0.233 e. The van der Waals surface area contributed by atoms with Crippen molar-refractivity contribution in [2.24, 2.45) is 7.05 Å². The van der Waals surface area contributed by atoms with Gasteiger partial charge in [-0.3, -0.25) is 9.48 Å². The molecule has 0 aliphatic rings. The fourth-order valence-electron chi connectivity index (χ4n) is 2.74. The molecule has 0 spiro atoms. The summed E-state index contributed by atoms with van der Waals surface area (Å²) >= 11 is 1.19. The van der Waals surface area contributed by atoms with Gasteiger partial charge in [0, 0.05) is 35.4 Å². The molecule has 1 amide bonds. The van der Waals surface area contributed by atoms with Gasteiger partial charge in [-0.15, -0.1) is 0 Å². The zero-order chi connectivity index (χ0) is 17.3. The third kappa shape index (κ3) is 3.07. The van der Waals surface area contributed by atoms with Crippen LogP contribution in [0.25, 0.3) is 11.4 Å². The van der Waals surface area contributed by atoms with E-state index in [2.05, 4.69) is 19.8 Å². The molecule has 2 heterocycles. The van der Waals surface area contributed by atoms with E-state index in [1.54, 1.807) is 4.68 Å². The first-order valence-corrected chi connectivity index (χ1v) is 8.44. The SMILES string of the molecule is Cc1nn(C)c(C)c1C(C)C(=O)Nc1nc(-c2ccccc2)ns1. The van der Waals surface area contributed by atoms with Crippen molar-refractivity contribution in [3.63, 3.8) is 0 Å². The van der Waals surface area contributed by atoms with Crippen molar-refractivity contribution < 1.29 is 4.79 Å². The Kier molecular flexibility index (Phi) is 4.44. The van der Waals surface area contributed by atoms with Crippen LogP contribution >= 0.6 is 11.5 Å². The molecule has 1 atom stereocenters. The van der Waals surface area contributed by atoms with Crippen LogP contribution in [0.15, 0.2) is 30.3 Å². The van der Waals surface area contributed by atoms with Crippen molar-refractivity contribution >= 4 is 22.6 Å². The normalized spacial score (nSPS) is 12.2. The average molecular weight is 341 g/mol. The molecule has 0 aliphatic heterocycles. The summed E-state index contributed by atoms with van der Waals surface area (Å²) < 4.78 is 6.11. The van der Waals surface area contributed by atoms with Crippen molar-refractivity contribution in [1.29, 1.82) is 0 Å². The molecule has 0 saturated carbocycles.